The highest BCUT2D eigenvalue weighted by molar-refractivity contribution is 5.77. The van der Waals surface area contributed by atoms with Crippen molar-refractivity contribution >= 4 is 10.9 Å². The zero-order valence-corrected chi connectivity index (χ0v) is 10.9. The monoisotopic (exact) mass is 244 g/mol. The normalized spacial score (nSPS) is 16.1. The number of morpholine rings is 1. The van der Waals surface area contributed by atoms with E-state index in [2.05, 4.69) is 28.9 Å². The number of para-hydroxylation sites is 1. The summed E-state index contributed by atoms with van der Waals surface area (Å²) in [4.78, 5) is 6.57. The molecular formula is C15H20N2O. The van der Waals surface area contributed by atoms with E-state index >= 15 is 0 Å². The Morgan fingerprint density at radius 3 is 2.50 bits per heavy atom. The molecule has 1 aromatic carbocycles. The molecule has 3 nitrogen and oxygen atoms in total. The van der Waals surface area contributed by atoms with Gasteiger partial charge in [0.25, 0.3) is 0 Å². The van der Waals surface area contributed by atoms with Gasteiger partial charge in [-0.15, -0.1) is 0 Å². The van der Waals surface area contributed by atoms with E-state index in [-0.39, 0.29) is 0 Å². The zero-order valence-electron chi connectivity index (χ0n) is 10.9. The van der Waals surface area contributed by atoms with Crippen LogP contribution in [0.4, 0.5) is 0 Å². The van der Waals surface area contributed by atoms with Crippen LogP contribution in [-0.4, -0.2) is 42.7 Å². The maximum atomic E-state index is 5.16. The topological polar surface area (TPSA) is 25.4 Å². The zero-order chi connectivity index (χ0) is 12.6. The van der Waals surface area contributed by atoms with Crippen molar-refractivity contribution in [3.05, 3.63) is 42.6 Å². The van der Waals surface area contributed by atoms with Gasteiger partial charge in [-0.25, -0.2) is 0 Å². The molecule has 1 aliphatic heterocycles. The van der Waals surface area contributed by atoms with Crippen molar-refractivity contribution in [1.82, 2.24) is 9.88 Å². The third kappa shape index (κ3) is 3.79. The van der Waals surface area contributed by atoms with E-state index in [1.807, 2.05) is 30.5 Å². The summed E-state index contributed by atoms with van der Waals surface area (Å²) < 4.78 is 5.16. The minimum Gasteiger partial charge on any atom is -0.379 e. The Morgan fingerprint density at radius 1 is 1.11 bits per heavy atom. The molecule has 3 rings (SSSR count). The number of hydrogen-bond donors (Lipinski definition) is 0. The lowest BCUT2D eigenvalue weighted by Gasteiger charge is -2.24. The number of fused-ring (bicyclic) bond motifs is 1. The summed E-state index contributed by atoms with van der Waals surface area (Å²) in [6, 6.07) is 12.1. The molecule has 0 saturated carbocycles. The van der Waals surface area contributed by atoms with Crippen molar-refractivity contribution in [3.63, 3.8) is 0 Å². The molecule has 3 heteroatoms. The Balaban J connectivity index is 0.000000138. The molecule has 1 aliphatic rings. The first kappa shape index (κ1) is 13.0. The van der Waals surface area contributed by atoms with Crippen LogP contribution < -0.4 is 0 Å². The van der Waals surface area contributed by atoms with Gasteiger partial charge in [0, 0.05) is 24.7 Å². The maximum absolute atomic E-state index is 5.16. The largest absolute Gasteiger partial charge is 0.379 e. The summed E-state index contributed by atoms with van der Waals surface area (Å²) in [7, 11) is 0. The third-order valence-electron chi connectivity index (χ3n) is 3.06. The fraction of sp³-hybridized carbons (Fsp3) is 0.400. The molecule has 0 atom stereocenters. The van der Waals surface area contributed by atoms with E-state index in [1.165, 1.54) is 11.9 Å². The minimum atomic E-state index is 0.924. The molecule has 0 spiro atoms. The van der Waals surface area contributed by atoms with Gasteiger partial charge >= 0.3 is 0 Å². The predicted molar refractivity (Wildman–Crippen MR) is 74.7 cm³/mol. The van der Waals surface area contributed by atoms with Gasteiger partial charge in [-0.3, -0.25) is 9.88 Å². The molecule has 0 N–H and O–H groups in total. The van der Waals surface area contributed by atoms with Gasteiger partial charge in [-0.2, -0.15) is 0 Å². The lowest BCUT2D eigenvalue weighted by atomic mass is 10.2. The van der Waals surface area contributed by atoms with Crippen LogP contribution in [0.3, 0.4) is 0 Å². The smallest absolute Gasteiger partial charge is 0.0701 e. The Bertz CT molecular complexity index is 401. The number of aromatic nitrogens is 1. The van der Waals surface area contributed by atoms with Crippen molar-refractivity contribution in [2.75, 3.05) is 32.8 Å². The Morgan fingerprint density at radius 2 is 1.83 bits per heavy atom. The molecule has 96 valence electrons. The van der Waals surface area contributed by atoms with E-state index < -0.39 is 0 Å². The summed E-state index contributed by atoms with van der Waals surface area (Å²) >= 11 is 0. The number of hydrogen-bond acceptors (Lipinski definition) is 3. The molecule has 2 aromatic rings. The number of likely N-dealkylation sites (N-methyl/N-ethyl adjacent to an activating group) is 1. The summed E-state index contributed by atoms with van der Waals surface area (Å²) in [5.41, 5.74) is 1.06. The van der Waals surface area contributed by atoms with E-state index in [9.17, 15) is 0 Å². The van der Waals surface area contributed by atoms with E-state index in [4.69, 9.17) is 4.74 Å². The molecule has 0 unspecified atom stereocenters. The summed E-state index contributed by atoms with van der Waals surface area (Å²) in [6.45, 7) is 7.45. The van der Waals surface area contributed by atoms with E-state index in [0.717, 1.165) is 31.8 Å². The number of rotatable bonds is 1. The molecule has 1 fully saturated rings. The van der Waals surface area contributed by atoms with Crippen molar-refractivity contribution < 1.29 is 4.74 Å². The van der Waals surface area contributed by atoms with E-state index in [0.29, 0.717) is 0 Å². The molecule has 1 saturated heterocycles. The predicted octanol–water partition coefficient (Wildman–Crippen LogP) is 2.57. The Kier molecular flexibility index (Phi) is 5.12. The van der Waals surface area contributed by atoms with Crippen molar-refractivity contribution in [2.24, 2.45) is 0 Å². The van der Waals surface area contributed by atoms with Crippen LogP contribution in [0.5, 0.6) is 0 Å². The van der Waals surface area contributed by atoms with Gasteiger partial charge in [-0.05, 0) is 18.7 Å². The highest BCUT2D eigenvalue weighted by Crippen LogP contribution is 2.07. The van der Waals surface area contributed by atoms with Crippen LogP contribution in [0, 0.1) is 0 Å². The minimum absolute atomic E-state index is 0.924. The average Bonchev–Trinajstić information content (AvgIpc) is 2.49. The van der Waals surface area contributed by atoms with Crippen molar-refractivity contribution in [1.29, 1.82) is 0 Å². The third-order valence-corrected chi connectivity index (χ3v) is 3.06. The first-order chi connectivity index (χ1) is 8.90. The Hall–Kier alpha value is -1.45. The molecule has 2 heterocycles. The first-order valence-electron chi connectivity index (χ1n) is 6.50. The lowest BCUT2D eigenvalue weighted by molar-refractivity contribution is 0.0405. The fourth-order valence-corrected chi connectivity index (χ4v) is 1.93. The standard InChI is InChI=1S/C9H7N.C6H13NO/c1-2-6-9-8(4-1)5-3-7-10-9;1-2-7-3-5-8-6-4-7/h1-7H;2-6H2,1H3. The Labute approximate surface area is 108 Å². The first-order valence-corrected chi connectivity index (χ1v) is 6.50. The van der Waals surface area contributed by atoms with E-state index in [1.54, 1.807) is 0 Å². The van der Waals surface area contributed by atoms with Crippen LogP contribution in [0.25, 0.3) is 10.9 Å². The second-order valence-corrected chi connectivity index (χ2v) is 4.24. The number of benzene rings is 1. The van der Waals surface area contributed by atoms with Gasteiger partial charge in [0.1, 0.15) is 0 Å². The molecule has 0 amide bonds. The fourth-order valence-electron chi connectivity index (χ4n) is 1.93. The SMILES string of the molecule is CCN1CCOCC1.c1ccc2ncccc2c1. The molecule has 0 aliphatic carbocycles. The van der Waals surface area contributed by atoms with Gasteiger partial charge in [0.2, 0.25) is 0 Å². The van der Waals surface area contributed by atoms with Crippen LogP contribution in [0.15, 0.2) is 42.6 Å². The second-order valence-electron chi connectivity index (χ2n) is 4.24. The van der Waals surface area contributed by atoms with Gasteiger partial charge in [0.15, 0.2) is 0 Å². The van der Waals surface area contributed by atoms with Gasteiger partial charge in [0.05, 0.1) is 18.7 Å². The van der Waals surface area contributed by atoms with Crippen molar-refractivity contribution in [2.45, 2.75) is 6.92 Å². The number of ether oxygens (including phenoxy) is 1. The van der Waals surface area contributed by atoms with Gasteiger partial charge in [-0.1, -0.05) is 31.2 Å². The second kappa shape index (κ2) is 7.09. The number of pyridine rings is 1. The number of nitrogens with zero attached hydrogens (tertiary/aromatic N) is 2. The van der Waals surface area contributed by atoms with Crippen LogP contribution in [-0.2, 0) is 4.74 Å². The molecule has 0 bridgehead atoms. The summed E-state index contributed by atoms with van der Waals surface area (Å²) in [5.74, 6) is 0. The van der Waals surface area contributed by atoms with Crippen molar-refractivity contribution in [3.8, 4) is 0 Å². The van der Waals surface area contributed by atoms with Crippen LogP contribution >= 0.6 is 0 Å². The van der Waals surface area contributed by atoms with Crippen LogP contribution in [0.1, 0.15) is 6.92 Å². The quantitative estimate of drug-likeness (QED) is 0.771. The van der Waals surface area contributed by atoms with Crippen LogP contribution in [0.2, 0.25) is 0 Å². The molecule has 1 aromatic heterocycles. The highest BCUT2D eigenvalue weighted by Gasteiger charge is 2.05. The summed E-state index contributed by atoms with van der Waals surface area (Å²) in [6.07, 6.45) is 1.81. The highest BCUT2D eigenvalue weighted by atomic mass is 16.5. The summed E-state index contributed by atoms with van der Waals surface area (Å²) in [5, 5.41) is 1.20. The average molecular weight is 244 g/mol. The lowest BCUT2D eigenvalue weighted by Crippen LogP contribution is -2.35. The maximum Gasteiger partial charge on any atom is 0.0701 e. The van der Waals surface area contributed by atoms with Gasteiger partial charge < -0.3 is 4.74 Å². The molecular weight excluding hydrogens is 224 g/mol. The molecule has 18 heavy (non-hydrogen) atoms. The molecule has 0 radical (unpaired) electrons.